The van der Waals surface area contributed by atoms with Gasteiger partial charge in [-0.3, -0.25) is 9.59 Å². The van der Waals surface area contributed by atoms with Crippen molar-refractivity contribution in [1.82, 2.24) is 9.62 Å². The average Bonchev–Trinajstić information content (AvgIpc) is 2.69. The van der Waals surface area contributed by atoms with E-state index in [1.807, 2.05) is 13.0 Å². The number of carbonyl (C=O) groups is 2. The summed E-state index contributed by atoms with van der Waals surface area (Å²) >= 11 is 0. The van der Waals surface area contributed by atoms with E-state index in [9.17, 15) is 18.0 Å². The maximum atomic E-state index is 12.8. The average molecular weight is 430 g/mol. The number of hydrogen-bond acceptors (Lipinski definition) is 4. The summed E-state index contributed by atoms with van der Waals surface area (Å²) in [4.78, 5) is 26.1. The lowest BCUT2D eigenvalue weighted by molar-refractivity contribution is -0.114. The fourth-order valence-corrected chi connectivity index (χ4v) is 5.23. The first-order valence-corrected chi connectivity index (χ1v) is 11.4. The molecule has 0 bridgehead atoms. The van der Waals surface area contributed by atoms with Crippen molar-refractivity contribution < 1.29 is 18.0 Å². The maximum Gasteiger partial charge on any atom is 0.253 e. The zero-order valence-corrected chi connectivity index (χ0v) is 18.3. The lowest BCUT2D eigenvalue weighted by atomic mass is 10.0. The predicted octanol–water partition coefficient (Wildman–Crippen LogP) is 2.84. The van der Waals surface area contributed by atoms with E-state index in [1.165, 1.54) is 6.92 Å². The molecule has 2 aromatic carbocycles. The van der Waals surface area contributed by atoms with Crippen molar-refractivity contribution in [2.75, 3.05) is 18.4 Å². The first-order valence-electron chi connectivity index (χ1n) is 9.92. The molecule has 0 spiro atoms. The summed E-state index contributed by atoms with van der Waals surface area (Å²) in [5, 5.41) is 2.67. The number of anilines is 1. The van der Waals surface area contributed by atoms with Crippen LogP contribution in [0.25, 0.3) is 0 Å². The molecule has 0 atom stereocenters. The summed E-state index contributed by atoms with van der Waals surface area (Å²) in [6, 6.07) is 12.0. The number of nitrogens with zero attached hydrogens (tertiary/aromatic N) is 1. The van der Waals surface area contributed by atoms with Gasteiger partial charge in [0.1, 0.15) is 0 Å². The second-order valence-corrected chi connectivity index (χ2v) is 9.40. The third-order valence-electron chi connectivity index (χ3n) is 5.17. The summed E-state index contributed by atoms with van der Waals surface area (Å²) in [6.45, 7) is 5.98. The standard InChI is InChI=1S/C22H27N3O4S/c1-15-7-8-16(2)21(13-15)30(28,29)24-19-9-11-25(12-10-19)22(27)18-5-4-6-20(14-18)23-17(3)26/h4-8,13-14,19,24H,9-12H2,1-3H3,(H,23,26). The Kier molecular flexibility index (Phi) is 6.58. The number of amides is 2. The first-order chi connectivity index (χ1) is 14.2. The van der Waals surface area contributed by atoms with Crippen molar-refractivity contribution in [2.45, 2.75) is 44.6 Å². The van der Waals surface area contributed by atoms with Crippen molar-refractivity contribution in [2.24, 2.45) is 0 Å². The number of likely N-dealkylation sites (tertiary alicyclic amines) is 1. The van der Waals surface area contributed by atoms with Crippen LogP contribution in [0.4, 0.5) is 5.69 Å². The number of hydrogen-bond donors (Lipinski definition) is 2. The van der Waals surface area contributed by atoms with Crippen molar-refractivity contribution in [3.8, 4) is 0 Å². The zero-order valence-electron chi connectivity index (χ0n) is 17.4. The molecular formula is C22H27N3O4S. The van der Waals surface area contributed by atoms with Gasteiger partial charge in [-0.1, -0.05) is 18.2 Å². The van der Waals surface area contributed by atoms with Crippen LogP contribution in [-0.4, -0.2) is 44.3 Å². The van der Waals surface area contributed by atoms with Gasteiger partial charge in [-0.15, -0.1) is 0 Å². The van der Waals surface area contributed by atoms with E-state index < -0.39 is 10.0 Å². The second-order valence-electron chi connectivity index (χ2n) is 7.72. The molecule has 2 N–H and O–H groups in total. The van der Waals surface area contributed by atoms with E-state index in [2.05, 4.69) is 10.0 Å². The van der Waals surface area contributed by atoms with E-state index in [1.54, 1.807) is 48.2 Å². The van der Waals surface area contributed by atoms with Gasteiger partial charge in [-0.2, -0.15) is 0 Å². The SMILES string of the molecule is CC(=O)Nc1cccc(C(=O)N2CCC(NS(=O)(=O)c3cc(C)ccc3C)CC2)c1. The smallest absolute Gasteiger partial charge is 0.253 e. The van der Waals surface area contributed by atoms with Gasteiger partial charge in [0, 0.05) is 37.3 Å². The molecule has 1 aliphatic rings. The highest BCUT2D eigenvalue weighted by Crippen LogP contribution is 2.21. The van der Waals surface area contributed by atoms with Gasteiger partial charge >= 0.3 is 0 Å². The Morgan fingerprint density at radius 1 is 1.03 bits per heavy atom. The normalized spacial score (nSPS) is 15.1. The van der Waals surface area contributed by atoms with Crippen molar-refractivity contribution in [1.29, 1.82) is 0 Å². The van der Waals surface area contributed by atoms with Gasteiger partial charge in [0.2, 0.25) is 15.9 Å². The van der Waals surface area contributed by atoms with E-state index >= 15 is 0 Å². The second kappa shape index (κ2) is 8.97. The molecule has 0 saturated carbocycles. The predicted molar refractivity (Wildman–Crippen MR) is 116 cm³/mol. The summed E-state index contributed by atoms with van der Waals surface area (Å²) in [6.07, 6.45) is 1.09. The zero-order chi connectivity index (χ0) is 21.9. The summed E-state index contributed by atoms with van der Waals surface area (Å²) < 4.78 is 28.4. The number of rotatable bonds is 5. The van der Waals surface area contributed by atoms with E-state index in [0.717, 1.165) is 5.56 Å². The third-order valence-corrected chi connectivity index (χ3v) is 6.83. The molecular weight excluding hydrogens is 402 g/mol. The van der Waals surface area contributed by atoms with Crippen molar-refractivity contribution in [3.05, 3.63) is 59.2 Å². The largest absolute Gasteiger partial charge is 0.339 e. The first kappa shape index (κ1) is 22.0. The van der Waals surface area contributed by atoms with Crippen LogP contribution in [0.1, 0.15) is 41.3 Å². The molecule has 0 unspecified atom stereocenters. The van der Waals surface area contributed by atoms with Gasteiger partial charge in [0.15, 0.2) is 0 Å². The molecule has 3 rings (SSSR count). The van der Waals surface area contributed by atoms with Crippen molar-refractivity contribution in [3.63, 3.8) is 0 Å². The molecule has 1 heterocycles. The number of nitrogens with one attached hydrogen (secondary N) is 2. The summed E-state index contributed by atoms with van der Waals surface area (Å²) in [5.74, 6) is -0.324. The Morgan fingerprint density at radius 3 is 2.40 bits per heavy atom. The van der Waals surface area contributed by atoms with Gasteiger partial charge in [0.25, 0.3) is 5.91 Å². The minimum atomic E-state index is -3.61. The minimum absolute atomic E-state index is 0.127. The van der Waals surface area contributed by atoms with E-state index in [0.29, 0.717) is 47.6 Å². The molecule has 1 saturated heterocycles. The van der Waals surface area contributed by atoms with Crippen LogP contribution in [0.2, 0.25) is 0 Å². The molecule has 1 aliphatic heterocycles. The minimum Gasteiger partial charge on any atom is -0.339 e. The summed E-state index contributed by atoms with van der Waals surface area (Å²) in [7, 11) is -3.61. The van der Waals surface area contributed by atoms with Crippen LogP contribution in [0.5, 0.6) is 0 Å². The van der Waals surface area contributed by atoms with Crippen LogP contribution in [0, 0.1) is 13.8 Å². The van der Waals surface area contributed by atoms with E-state index in [-0.39, 0.29) is 17.9 Å². The molecule has 0 radical (unpaired) electrons. The molecule has 2 amide bonds. The Labute approximate surface area is 177 Å². The number of sulfonamides is 1. The van der Waals surface area contributed by atoms with Crippen LogP contribution < -0.4 is 10.0 Å². The Balaban J connectivity index is 1.63. The molecule has 1 fully saturated rings. The molecule has 2 aromatic rings. The van der Waals surface area contributed by atoms with Gasteiger partial charge in [-0.05, 0) is 62.1 Å². The van der Waals surface area contributed by atoms with Crippen LogP contribution in [0.15, 0.2) is 47.4 Å². The topological polar surface area (TPSA) is 95.6 Å². The molecule has 8 heteroatoms. The van der Waals surface area contributed by atoms with Crippen molar-refractivity contribution >= 4 is 27.5 Å². The molecule has 30 heavy (non-hydrogen) atoms. The Hall–Kier alpha value is -2.71. The lowest BCUT2D eigenvalue weighted by Gasteiger charge is -2.32. The van der Waals surface area contributed by atoms with Crippen LogP contribution in [0.3, 0.4) is 0 Å². The molecule has 160 valence electrons. The third kappa shape index (κ3) is 5.25. The quantitative estimate of drug-likeness (QED) is 0.764. The van der Waals surface area contributed by atoms with Gasteiger partial charge in [0.05, 0.1) is 4.90 Å². The van der Waals surface area contributed by atoms with Gasteiger partial charge < -0.3 is 10.2 Å². The lowest BCUT2D eigenvalue weighted by Crippen LogP contribution is -2.46. The van der Waals surface area contributed by atoms with E-state index in [4.69, 9.17) is 0 Å². The van der Waals surface area contributed by atoms with Crippen LogP contribution >= 0.6 is 0 Å². The highest BCUT2D eigenvalue weighted by molar-refractivity contribution is 7.89. The molecule has 7 nitrogen and oxygen atoms in total. The fourth-order valence-electron chi connectivity index (χ4n) is 3.60. The number of benzene rings is 2. The highest BCUT2D eigenvalue weighted by atomic mass is 32.2. The Morgan fingerprint density at radius 2 is 1.73 bits per heavy atom. The van der Waals surface area contributed by atoms with Crippen LogP contribution in [-0.2, 0) is 14.8 Å². The summed E-state index contributed by atoms with van der Waals surface area (Å²) in [5.41, 5.74) is 2.67. The number of aryl methyl sites for hydroxylation is 2. The number of piperidine rings is 1. The molecule has 0 aliphatic carbocycles. The maximum absolute atomic E-state index is 12.8. The fraction of sp³-hybridized carbons (Fsp3) is 0.364. The highest BCUT2D eigenvalue weighted by Gasteiger charge is 2.28. The van der Waals surface area contributed by atoms with Gasteiger partial charge in [-0.25, -0.2) is 13.1 Å². The Bertz CT molecular complexity index is 1060. The number of carbonyl (C=O) groups excluding carboxylic acids is 2. The molecule has 0 aromatic heterocycles. The monoisotopic (exact) mass is 429 g/mol.